The Labute approximate surface area is 112 Å². The number of nitrogens with one attached hydrogen (secondary N) is 1. The SMILES string of the molecule is CCCOCCCNC(=O)Cn1cc(N)ccc1=O. The standard InChI is InChI=1S/C13H21N3O3/c1-2-7-19-8-3-6-15-12(17)10-16-9-11(14)4-5-13(16)18/h4-5,9H,2-3,6-8,10,14H2,1H3,(H,15,17). The van der Waals surface area contributed by atoms with Gasteiger partial charge in [-0.3, -0.25) is 9.59 Å². The second kappa shape index (κ2) is 8.31. The molecule has 1 amide bonds. The predicted octanol–water partition coefficient (Wildman–Crippen LogP) is 0.363. The van der Waals surface area contributed by atoms with Crippen LogP contribution in [0.1, 0.15) is 19.8 Å². The Morgan fingerprint density at radius 1 is 1.42 bits per heavy atom. The molecule has 106 valence electrons. The maximum atomic E-state index is 11.6. The zero-order valence-corrected chi connectivity index (χ0v) is 11.2. The van der Waals surface area contributed by atoms with Gasteiger partial charge in [0.2, 0.25) is 5.91 Å². The van der Waals surface area contributed by atoms with Crippen molar-refractivity contribution in [3.8, 4) is 0 Å². The van der Waals surface area contributed by atoms with Crippen molar-refractivity contribution in [2.24, 2.45) is 0 Å². The number of aromatic nitrogens is 1. The molecule has 1 rings (SSSR count). The van der Waals surface area contributed by atoms with Crippen LogP contribution in [0.2, 0.25) is 0 Å². The highest BCUT2D eigenvalue weighted by atomic mass is 16.5. The van der Waals surface area contributed by atoms with E-state index in [0.717, 1.165) is 19.4 Å². The number of carbonyl (C=O) groups excluding carboxylic acids is 1. The van der Waals surface area contributed by atoms with Crippen LogP contribution in [0, 0.1) is 0 Å². The van der Waals surface area contributed by atoms with E-state index < -0.39 is 0 Å². The van der Waals surface area contributed by atoms with Gasteiger partial charge in [-0.25, -0.2) is 0 Å². The minimum absolute atomic E-state index is 0.0142. The zero-order chi connectivity index (χ0) is 14.1. The fraction of sp³-hybridized carbons (Fsp3) is 0.538. The Morgan fingerprint density at radius 2 is 2.21 bits per heavy atom. The van der Waals surface area contributed by atoms with E-state index >= 15 is 0 Å². The number of nitrogens with zero attached hydrogens (tertiary/aromatic N) is 1. The fourth-order valence-electron chi connectivity index (χ4n) is 1.53. The minimum Gasteiger partial charge on any atom is -0.398 e. The molecule has 6 heteroatoms. The molecule has 1 aromatic rings. The summed E-state index contributed by atoms with van der Waals surface area (Å²) in [4.78, 5) is 23.1. The summed E-state index contributed by atoms with van der Waals surface area (Å²) in [6.45, 7) is 3.95. The first-order valence-corrected chi connectivity index (χ1v) is 6.44. The van der Waals surface area contributed by atoms with Gasteiger partial charge < -0.3 is 20.4 Å². The Hall–Kier alpha value is -1.82. The molecule has 0 aliphatic rings. The molecule has 1 aromatic heterocycles. The molecule has 0 aromatic carbocycles. The van der Waals surface area contributed by atoms with E-state index in [1.807, 2.05) is 6.92 Å². The van der Waals surface area contributed by atoms with Crippen LogP contribution in [0.5, 0.6) is 0 Å². The number of amides is 1. The first kappa shape index (κ1) is 15.2. The van der Waals surface area contributed by atoms with Crippen molar-refractivity contribution in [1.82, 2.24) is 9.88 Å². The van der Waals surface area contributed by atoms with Gasteiger partial charge in [-0.2, -0.15) is 0 Å². The van der Waals surface area contributed by atoms with Crippen molar-refractivity contribution in [3.63, 3.8) is 0 Å². The molecule has 0 aliphatic heterocycles. The van der Waals surface area contributed by atoms with Gasteiger partial charge in [0.05, 0.1) is 0 Å². The number of carbonyl (C=O) groups is 1. The molecule has 0 spiro atoms. The average molecular weight is 267 g/mol. The van der Waals surface area contributed by atoms with E-state index in [2.05, 4.69) is 5.32 Å². The van der Waals surface area contributed by atoms with Gasteiger partial charge in [0.25, 0.3) is 5.56 Å². The van der Waals surface area contributed by atoms with Gasteiger partial charge >= 0.3 is 0 Å². The number of hydrogen-bond acceptors (Lipinski definition) is 4. The topological polar surface area (TPSA) is 86.3 Å². The summed E-state index contributed by atoms with van der Waals surface area (Å²) in [5, 5.41) is 2.74. The molecule has 0 radical (unpaired) electrons. The molecule has 0 aliphatic carbocycles. The summed E-state index contributed by atoms with van der Waals surface area (Å²) in [7, 11) is 0. The van der Waals surface area contributed by atoms with E-state index in [1.165, 1.54) is 22.9 Å². The van der Waals surface area contributed by atoms with Gasteiger partial charge in [0.15, 0.2) is 0 Å². The molecule has 19 heavy (non-hydrogen) atoms. The lowest BCUT2D eigenvalue weighted by Gasteiger charge is -2.08. The van der Waals surface area contributed by atoms with E-state index in [4.69, 9.17) is 10.5 Å². The lowest BCUT2D eigenvalue weighted by Crippen LogP contribution is -2.32. The second-order valence-electron chi connectivity index (χ2n) is 4.24. The first-order chi connectivity index (χ1) is 9.13. The van der Waals surface area contributed by atoms with Crippen LogP contribution in [0.3, 0.4) is 0 Å². The molecule has 1 heterocycles. The molecule has 0 unspecified atom stereocenters. The summed E-state index contributed by atoms with van der Waals surface area (Å²) in [6, 6.07) is 2.86. The van der Waals surface area contributed by atoms with Crippen LogP contribution >= 0.6 is 0 Å². The normalized spacial score (nSPS) is 10.4. The number of rotatable bonds is 8. The monoisotopic (exact) mass is 267 g/mol. The van der Waals surface area contributed by atoms with E-state index in [9.17, 15) is 9.59 Å². The predicted molar refractivity (Wildman–Crippen MR) is 73.9 cm³/mol. The Morgan fingerprint density at radius 3 is 2.95 bits per heavy atom. The van der Waals surface area contributed by atoms with Crippen molar-refractivity contribution in [2.75, 3.05) is 25.5 Å². The summed E-state index contributed by atoms with van der Waals surface area (Å²) in [5.41, 5.74) is 5.78. The van der Waals surface area contributed by atoms with Crippen molar-refractivity contribution < 1.29 is 9.53 Å². The fourth-order valence-corrected chi connectivity index (χ4v) is 1.53. The molecular formula is C13H21N3O3. The first-order valence-electron chi connectivity index (χ1n) is 6.44. The lowest BCUT2D eigenvalue weighted by molar-refractivity contribution is -0.121. The van der Waals surface area contributed by atoms with Crippen LogP contribution in [-0.2, 0) is 16.1 Å². The van der Waals surface area contributed by atoms with Gasteiger partial charge in [0, 0.05) is 37.7 Å². The number of ether oxygens (including phenoxy) is 1. The van der Waals surface area contributed by atoms with E-state index in [-0.39, 0.29) is 18.0 Å². The van der Waals surface area contributed by atoms with Crippen molar-refractivity contribution in [1.29, 1.82) is 0 Å². The molecule has 0 saturated carbocycles. The van der Waals surface area contributed by atoms with Crippen molar-refractivity contribution >= 4 is 11.6 Å². The van der Waals surface area contributed by atoms with Crippen molar-refractivity contribution in [2.45, 2.75) is 26.3 Å². The number of anilines is 1. The Balaban J connectivity index is 2.27. The van der Waals surface area contributed by atoms with Gasteiger partial charge in [-0.1, -0.05) is 6.92 Å². The number of nitrogen functional groups attached to an aromatic ring is 1. The maximum Gasteiger partial charge on any atom is 0.251 e. The minimum atomic E-state index is -0.240. The molecule has 3 N–H and O–H groups in total. The third-order valence-electron chi connectivity index (χ3n) is 2.46. The Bertz CT molecular complexity index is 457. The van der Waals surface area contributed by atoms with Crippen LogP contribution in [-0.4, -0.2) is 30.2 Å². The number of nitrogens with two attached hydrogens (primary N) is 1. The second-order valence-corrected chi connectivity index (χ2v) is 4.24. The maximum absolute atomic E-state index is 11.6. The van der Waals surface area contributed by atoms with Crippen LogP contribution in [0.25, 0.3) is 0 Å². The molecule has 0 atom stereocenters. The average Bonchev–Trinajstić information content (AvgIpc) is 2.38. The van der Waals surface area contributed by atoms with Crippen LogP contribution < -0.4 is 16.6 Å². The highest BCUT2D eigenvalue weighted by molar-refractivity contribution is 5.75. The quantitative estimate of drug-likeness (QED) is 0.666. The highest BCUT2D eigenvalue weighted by Gasteiger charge is 2.03. The molecule has 0 bridgehead atoms. The molecule has 6 nitrogen and oxygen atoms in total. The summed E-state index contributed by atoms with van der Waals surface area (Å²) >= 11 is 0. The smallest absolute Gasteiger partial charge is 0.251 e. The number of pyridine rings is 1. The summed E-state index contributed by atoms with van der Waals surface area (Å²) in [5.74, 6) is -0.205. The molecule has 0 fully saturated rings. The summed E-state index contributed by atoms with van der Waals surface area (Å²) < 4.78 is 6.58. The van der Waals surface area contributed by atoms with Gasteiger partial charge in [-0.05, 0) is 18.9 Å². The highest BCUT2D eigenvalue weighted by Crippen LogP contribution is 1.95. The van der Waals surface area contributed by atoms with E-state index in [1.54, 1.807) is 0 Å². The molecular weight excluding hydrogens is 246 g/mol. The number of hydrogen-bond donors (Lipinski definition) is 2. The van der Waals surface area contributed by atoms with Crippen LogP contribution in [0.4, 0.5) is 5.69 Å². The Kier molecular flexibility index (Phi) is 6.67. The van der Waals surface area contributed by atoms with Crippen LogP contribution in [0.15, 0.2) is 23.1 Å². The van der Waals surface area contributed by atoms with Crippen molar-refractivity contribution in [3.05, 3.63) is 28.7 Å². The lowest BCUT2D eigenvalue weighted by atomic mass is 10.4. The molecule has 0 saturated heterocycles. The van der Waals surface area contributed by atoms with E-state index in [0.29, 0.717) is 18.8 Å². The summed E-state index contributed by atoms with van der Waals surface area (Å²) in [6.07, 6.45) is 3.22. The largest absolute Gasteiger partial charge is 0.398 e. The van der Waals surface area contributed by atoms with Gasteiger partial charge in [-0.15, -0.1) is 0 Å². The zero-order valence-electron chi connectivity index (χ0n) is 11.2. The third kappa shape index (κ3) is 6.05. The van der Waals surface area contributed by atoms with Gasteiger partial charge in [0.1, 0.15) is 6.54 Å². The third-order valence-corrected chi connectivity index (χ3v) is 2.46.